The van der Waals surface area contributed by atoms with Crippen molar-refractivity contribution in [3.8, 4) is 0 Å². The summed E-state index contributed by atoms with van der Waals surface area (Å²) in [4.78, 5) is 0. The molecular formula is C15H30O4. The summed E-state index contributed by atoms with van der Waals surface area (Å²) in [5, 5.41) is 0. The van der Waals surface area contributed by atoms with Crippen molar-refractivity contribution in [3.63, 3.8) is 0 Å². The highest BCUT2D eigenvalue weighted by Crippen LogP contribution is 2.14. The molecule has 4 nitrogen and oxygen atoms in total. The van der Waals surface area contributed by atoms with Crippen molar-refractivity contribution in [2.75, 3.05) is 26.9 Å². The van der Waals surface area contributed by atoms with E-state index in [9.17, 15) is 0 Å². The van der Waals surface area contributed by atoms with Gasteiger partial charge in [0.2, 0.25) is 0 Å². The second-order valence-electron chi connectivity index (χ2n) is 5.53. The Morgan fingerprint density at radius 2 is 1.79 bits per heavy atom. The lowest BCUT2D eigenvalue weighted by molar-refractivity contribution is -0.197. The Bertz CT molecular complexity index is 212. The zero-order valence-electron chi connectivity index (χ0n) is 12.8. The van der Waals surface area contributed by atoms with Gasteiger partial charge < -0.3 is 18.9 Å². The van der Waals surface area contributed by atoms with Gasteiger partial charge >= 0.3 is 0 Å². The number of unbranched alkanes of at least 4 members (excludes halogenated alkanes) is 3. The number of rotatable bonds is 10. The molecule has 0 N–H and O–H groups in total. The molecule has 0 amide bonds. The molecule has 0 bridgehead atoms. The van der Waals surface area contributed by atoms with Crippen LogP contribution in [-0.2, 0) is 18.9 Å². The van der Waals surface area contributed by atoms with E-state index in [0.29, 0.717) is 0 Å². The van der Waals surface area contributed by atoms with Crippen molar-refractivity contribution in [2.45, 2.75) is 70.9 Å². The highest BCUT2D eigenvalue weighted by Gasteiger charge is 2.15. The second kappa shape index (κ2) is 9.70. The molecule has 1 heterocycles. The van der Waals surface area contributed by atoms with E-state index in [0.717, 1.165) is 39.1 Å². The maximum absolute atomic E-state index is 5.69. The summed E-state index contributed by atoms with van der Waals surface area (Å²) in [6.07, 6.45) is 8.06. The molecule has 0 spiro atoms. The Labute approximate surface area is 117 Å². The van der Waals surface area contributed by atoms with Crippen molar-refractivity contribution < 1.29 is 18.9 Å². The molecule has 19 heavy (non-hydrogen) atoms. The SMILES string of the molecule is COC(C)(C)OCCCCCCOC1CCCCO1. The molecule has 1 fully saturated rings. The van der Waals surface area contributed by atoms with Crippen LogP contribution in [0.15, 0.2) is 0 Å². The van der Waals surface area contributed by atoms with E-state index in [4.69, 9.17) is 18.9 Å². The fourth-order valence-corrected chi connectivity index (χ4v) is 1.99. The van der Waals surface area contributed by atoms with Gasteiger partial charge in [0, 0.05) is 26.9 Å². The van der Waals surface area contributed by atoms with Gasteiger partial charge in [0.1, 0.15) is 0 Å². The smallest absolute Gasteiger partial charge is 0.162 e. The fourth-order valence-electron chi connectivity index (χ4n) is 1.99. The molecule has 0 saturated carbocycles. The maximum Gasteiger partial charge on any atom is 0.162 e. The third-order valence-corrected chi connectivity index (χ3v) is 3.42. The zero-order chi connectivity index (χ0) is 14.0. The third-order valence-electron chi connectivity index (χ3n) is 3.42. The Morgan fingerprint density at radius 3 is 2.42 bits per heavy atom. The van der Waals surface area contributed by atoms with E-state index in [1.54, 1.807) is 7.11 Å². The molecule has 1 atom stereocenters. The monoisotopic (exact) mass is 274 g/mol. The van der Waals surface area contributed by atoms with E-state index in [-0.39, 0.29) is 6.29 Å². The largest absolute Gasteiger partial charge is 0.354 e. The Balaban J connectivity index is 1.83. The second-order valence-corrected chi connectivity index (χ2v) is 5.53. The average Bonchev–Trinajstić information content (AvgIpc) is 2.43. The number of hydrogen-bond acceptors (Lipinski definition) is 4. The number of ether oxygens (including phenoxy) is 4. The molecule has 1 aliphatic rings. The van der Waals surface area contributed by atoms with E-state index in [2.05, 4.69) is 0 Å². The molecule has 0 aromatic rings. The van der Waals surface area contributed by atoms with Crippen molar-refractivity contribution in [1.82, 2.24) is 0 Å². The summed E-state index contributed by atoms with van der Waals surface area (Å²) in [7, 11) is 1.67. The van der Waals surface area contributed by atoms with Gasteiger partial charge in [-0.3, -0.25) is 0 Å². The van der Waals surface area contributed by atoms with Crippen molar-refractivity contribution >= 4 is 0 Å². The molecule has 0 radical (unpaired) electrons. The lowest BCUT2D eigenvalue weighted by atomic mass is 10.2. The highest BCUT2D eigenvalue weighted by molar-refractivity contribution is 4.55. The van der Waals surface area contributed by atoms with Gasteiger partial charge in [0.25, 0.3) is 0 Å². The lowest BCUT2D eigenvalue weighted by Gasteiger charge is -2.23. The first kappa shape index (κ1) is 16.9. The molecule has 1 rings (SSSR count). The van der Waals surface area contributed by atoms with Gasteiger partial charge in [0.05, 0.1) is 0 Å². The van der Waals surface area contributed by atoms with Gasteiger partial charge in [-0.2, -0.15) is 0 Å². The zero-order valence-corrected chi connectivity index (χ0v) is 12.8. The number of methoxy groups -OCH3 is 1. The van der Waals surface area contributed by atoms with E-state index >= 15 is 0 Å². The third kappa shape index (κ3) is 8.58. The van der Waals surface area contributed by atoms with Crippen LogP contribution in [0.3, 0.4) is 0 Å². The molecular weight excluding hydrogens is 244 g/mol. The Hall–Kier alpha value is -0.160. The van der Waals surface area contributed by atoms with Crippen LogP contribution in [0.25, 0.3) is 0 Å². The van der Waals surface area contributed by atoms with Gasteiger partial charge in [0.15, 0.2) is 12.1 Å². The predicted octanol–water partition coefficient (Wildman–Crippen LogP) is 3.49. The normalized spacial score (nSPS) is 20.7. The van der Waals surface area contributed by atoms with Crippen molar-refractivity contribution in [3.05, 3.63) is 0 Å². The average molecular weight is 274 g/mol. The summed E-state index contributed by atoms with van der Waals surface area (Å²) >= 11 is 0. The first-order chi connectivity index (χ1) is 9.14. The van der Waals surface area contributed by atoms with Gasteiger partial charge in [-0.15, -0.1) is 0 Å². The van der Waals surface area contributed by atoms with Crippen molar-refractivity contribution in [1.29, 1.82) is 0 Å². The van der Waals surface area contributed by atoms with E-state index in [1.165, 1.54) is 25.7 Å². The van der Waals surface area contributed by atoms with Crippen LogP contribution in [-0.4, -0.2) is 39.0 Å². The van der Waals surface area contributed by atoms with Crippen molar-refractivity contribution in [2.24, 2.45) is 0 Å². The molecule has 0 aromatic carbocycles. The topological polar surface area (TPSA) is 36.9 Å². The van der Waals surface area contributed by atoms with Crippen LogP contribution < -0.4 is 0 Å². The van der Waals surface area contributed by atoms with Gasteiger partial charge in [-0.1, -0.05) is 12.8 Å². The number of hydrogen-bond donors (Lipinski definition) is 0. The summed E-state index contributed by atoms with van der Waals surface area (Å²) in [6.45, 7) is 6.30. The maximum atomic E-state index is 5.69. The fraction of sp³-hybridized carbons (Fsp3) is 1.00. The van der Waals surface area contributed by atoms with Gasteiger partial charge in [-0.05, 0) is 46.0 Å². The van der Waals surface area contributed by atoms with Crippen LogP contribution in [0.4, 0.5) is 0 Å². The summed E-state index contributed by atoms with van der Waals surface area (Å²) < 4.78 is 22.0. The van der Waals surface area contributed by atoms with Crippen LogP contribution in [0.2, 0.25) is 0 Å². The quantitative estimate of drug-likeness (QED) is 0.451. The summed E-state index contributed by atoms with van der Waals surface area (Å²) in [5.74, 6) is -0.457. The summed E-state index contributed by atoms with van der Waals surface area (Å²) in [5.41, 5.74) is 0. The first-order valence-electron chi connectivity index (χ1n) is 7.56. The minimum Gasteiger partial charge on any atom is -0.354 e. The minimum absolute atomic E-state index is 0.0552. The molecule has 114 valence electrons. The molecule has 0 aromatic heterocycles. The predicted molar refractivity (Wildman–Crippen MR) is 75.1 cm³/mol. The molecule has 1 unspecified atom stereocenters. The highest BCUT2D eigenvalue weighted by atomic mass is 16.7. The molecule has 0 aliphatic carbocycles. The molecule has 4 heteroatoms. The first-order valence-corrected chi connectivity index (χ1v) is 7.56. The van der Waals surface area contributed by atoms with Gasteiger partial charge in [-0.25, -0.2) is 0 Å². The molecule has 1 saturated heterocycles. The Kier molecular flexibility index (Phi) is 8.62. The van der Waals surface area contributed by atoms with Crippen LogP contribution in [0, 0.1) is 0 Å². The standard InChI is InChI=1S/C15H30O4/c1-15(2,16-3)19-13-8-5-4-7-11-17-14-10-6-9-12-18-14/h14H,4-13H2,1-3H3. The van der Waals surface area contributed by atoms with E-state index in [1.807, 2.05) is 13.8 Å². The van der Waals surface area contributed by atoms with Crippen LogP contribution in [0.1, 0.15) is 58.8 Å². The Morgan fingerprint density at radius 1 is 1.05 bits per heavy atom. The summed E-state index contributed by atoms with van der Waals surface area (Å²) in [6, 6.07) is 0. The van der Waals surface area contributed by atoms with E-state index < -0.39 is 5.79 Å². The minimum atomic E-state index is -0.457. The van der Waals surface area contributed by atoms with Crippen LogP contribution in [0.5, 0.6) is 0 Å². The lowest BCUT2D eigenvalue weighted by Crippen LogP contribution is -2.27. The molecule has 1 aliphatic heterocycles. The van der Waals surface area contributed by atoms with Crippen LogP contribution >= 0.6 is 0 Å².